The van der Waals surface area contributed by atoms with E-state index >= 15 is 0 Å². The summed E-state index contributed by atoms with van der Waals surface area (Å²) in [5, 5.41) is 0.357. The van der Waals surface area contributed by atoms with Gasteiger partial charge in [-0.15, -0.1) is 11.3 Å². The molecule has 134 valence electrons. The largest absolute Gasteiger partial charge is 0.456 e. The Labute approximate surface area is 139 Å². The Morgan fingerprint density at radius 1 is 1.17 bits per heavy atom. The highest BCUT2D eigenvalue weighted by Gasteiger charge is 2.65. The van der Waals surface area contributed by atoms with Gasteiger partial charge in [-0.05, 0) is 26.0 Å². The summed E-state index contributed by atoms with van der Waals surface area (Å²) in [6.07, 6.45) is -0.614. The molecule has 0 bridgehead atoms. The number of carbonyl (C=O) groups is 1. The van der Waals surface area contributed by atoms with Crippen molar-refractivity contribution in [3.8, 4) is 10.6 Å². The van der Waals surface area contributed by atoms with Gasteiger partial charge in [-0.3, -0.25) is 4.79 Å². The standard InChI is InChI=1S/C14H14F5NO2S2/c1-8(22-10(3)21)13-9(2)23-14(20-13)11-4-6-12(7-5-11)24(15,16,17,18)19/h4-8H,1-3H3. The Kier molecular flexibility index (Phi) is 4.01. The minimum atomic E-state index is -9.68. The Bertz CT molecular complexity index is 784. The molecule has 0 aliphatic rings. The molecule has 0 aliphatic heterocycles. The zero-order valence-electron chi connectivity index (χ0n) is 12.9. The van der Waals surface area contributed by atoms with Crippen LogP contribution in [0.15, 0.2) is 29.2 Å². The molecule has 0 spiro atoms. The number of hydrogen-bond acceptors (Lipinski definition) is 4. The number of esters is 1. The van der Waals surface area contributed by atoms with Crippen molar-refractivity contribution in [2.75, 3.05) is 0 Å². The molecule has 1 aromatic carbocycles. The molecule has 24 heavy (non-hydrogen) atoms. The van der Waals surface area contributed by atoms with Gasteiger partial charge in [0.05, 0.1) is 5.69 Å². The maximum Gasteiger partial charge on any atom is 0.310 e. The number of ether oxygens (including phenoxy) is 1. The first-order valence-corrected chi connectivity index (χ1v) is 9.43. The van der Waals surface area contributed by atoms with Crippen LogP contribution < -0.4 is 0 Å². The van der Waals surface area contributed by atoms with Crippen molar-refractivity contribution in [2.45, 2.75) is 31.8 Å². The second-order valence-electron chi connectivity index (χ2n) is 5.21. The normalized spacial score (nSPS) is 16.2. The number of aromatic nitrogens is 1. The smallest absolute Gasteiger partial charge is 0.310 e. The van der Waals surface area contributed by atoms with Gasteiger partial charge in [-0.2, -0.15) is 0 Å². The zero-order valence-corrected chi connectivity index (χ0v) is 14.5. The number of nitrogens with zero attached hydrogens (tertiary/aromatic N) is 1. The number of halogens is 5. The summed E-state index contributed by atoms with van der Waals surface area (Å²) in [5.74, 6) is -0.489. The molecule has 0 aliphatic carbocycles. The number of hydrogen-bond donors (Lipinski definition) is 0. The highest BCUT2D eigenvalue weighted by Crippen LogP contribution is 3.02. The lowest BCUT2D eigenvalue weighted by Gasteiger charge is -2.40. The molecule has 0 saturated heterocycles. The Morgan fingerprint density at radius 2 is 1.71 bits per heavy atom. The third-order valence-corrected chi connectivity index (χ3v) is 5.31. The second-order valence-corrected chi connectivity index (χ2v) is 8.82. The van der Waals surface area contributed by atoms with Crippen molar-refractivity contribution in [2.24, 2.45) is 0 Å². The molecule has 0 saturated carbocycles. The van der Waals surface area contributed by atoms with Crippen molar-refractivity contribution in [3.63, 3.8) is 0 Å². The van der Waals surface area contributed by atoms with Gasteiger partial charge >= 0.3 is 16.2 Å². The number of rotatable bonds is 4. The van der Waals surface area contributed by atoms with Crippen LogP contribution in [-0.4, -0.2) is 11.0 Å². The average Bonchev–Trinajstić information content (AvgIpc) is 2.78. The van der Waals surface area contributed by atoms with E-state index in [1.807, 2.05) is 0 Å². The Morgan fingerprint density at radius 3 is 2.17 bits per heavy atom. The monoisotopic (exact) mass is 387 g/mol. The van der Waals surface area contributed by atoms with Crippen LogP contribution in [0.2, 0.25) is 0 Å². The van der Waals surface area contributed by atoms with Crippen molar-refractivity contribution in [3.05, 3.63) is 34.8 Å². The van der Waals surface area contributed by atoms with E-state index in [-0.39, 0.29) is 5.56 Å². The lowest BCUT2D eigenvalue weighted by molar-refractivity contribution is -0.145. The van der Waals surface area contributed by atoms with E-state index in [2.05, 4.69) is 4.98 Å². The molecule has 0 amide bonds. The van der Waals surface area contributed by atoms with E-state index in [0.717, 1.165) is 17.0 Å². The fraction of sp³-hybridized carbons (Fsp3) is 0.286. The first-order chi connectivity index (χ1) is 10.7. The molecule has 1 unspecified atom stereocenters. The second kappa shape index (κ2) is 5.16. The van der Waals surface area contributed by atoms with Crippen LogP contribution in [0.25, 0.3) is 10.6 Å². The minimum absolute atomic E-state index is 0.273. The van der Waals surface area contributed by atoms with Crippen LogP contribution in [0, 0.1) is 6.92 Å². The highest BCUT2D eigenvalue weighted by atomic mass is 32.5. The average molecular weight is 387 g/mol. The van der Waals surface area contributed by atoms with E-state index in [1.165, 1.54) is 18.3 Å². The van der Waals surface area contributed by atoms with Crippen molar-refractivity contribution in [1.29, 1.82) is 0 Å². The summed E-state index contributed by atoms with van der Waals surface area (Å²) >= 11 is 1.17. The SMILES string of the molecule is CC(=O)OC(C)c1nc(-c2ccc(S(F)(F)(F)(F)F)cc2)sc1C. The van der Waals surface area contributed by atoms with E-state index < -0.39 is 27.2 Å². The minimum Gasteiger partial charge on any atom is -0.456 e. The van der Waals surface area contributed by atoms with Gasteiger partial charge in [0.1, 0.15) is 16.0 Å². The van der Waals surface area contributed by atoms with Gasteiger partial charge in [0.25, 0.3) is 0 Å². The van der Waals surface area contributed by atoms with Gasteiger partial charge in [0.2, 0.25) is 0 Å². The predicted molar refractivity (Wildman–Crippen MR) is 83.9 cm³/mol. The van der Waals surface area contributed by atoms with Crippen molar-refractivity contribution in [1.82, 2.24) is 4.98 Å². The quantitative estimate of drug-likeness (QED) is 0.450. The summed E-state index contributed by atoms with van der Waals surface area (Å²) in [6, 6.07) is 2.60. The topological polar surface area (TPSA) is 39.2 Å². The molecule has 2 aromatic rings. The first kappa shape index (κ1) is 18.7. The Balaban J connectivity index is 2.36. The summed E-state index contributed by atoms with van der Waals surface area (Å²) in [6.45, 7) is 4.59. The summed E-state index contributed by atoms with van der Waals surface area (Å²) < 4.78 is 68.6. The lowest BCUT2D eigenvalue weighted by atomic mass is 10.2. The van der Waals surface area contributed by atoms with Gasteiger partial charge in [-0.1, -0.05) is 31.6 Å². The molecule has 1 aromatic heterocycles. The number of benzene rings is 1. The summed E-state index contributed by atoms with van der Waals surface area (Å²) in [7, 11) is -9.68. The molecule has 0 fully saturated rings. The third kappa shape index (κ3) is 4.23. The molecule has 2 rings (SSSR count). The number of carbonyl (C=O) groups excluding carboxylic acids is 1. The number of aryl methyl sites for hydroxylation is 1. The molecule has 0 radical (unpaired) electrons. The number of thiazole rings is 1. The van der Waals surface area contributed by atoms with Crippen LogP contribution in [0.1, 0.15) is 30.5 Å². The van der Waals surface area contributed by atoms with Crippen molar-refractivity contribution < 1.29 is 29.0 Å². The fourth-order valence-corrected chi connectivity index (χ4v) is 3.72. The maximum atomic E-state index is 12.7. The van der Waals surface area contributed by atoms with Gasteiger partial charge in [-0.25, -0.2) is 4.98 Å². The van der Waals surface area contributed by atoms with Crippen LogP contribution in [-0.2, 0) is 9.53 Å². The highest BCUT2D eigenvalue weighted by molar-refractivity contribution is 8.45. The summed E-state index contributed by atoms with van der Waals surface area (Å²) in [4.78, 5) is 14.0. The van der Waals surface area contributed by atoms with E-state index in [4.69, 9.17) is 4.74 Å². The maximum absolute atomic E-state index is 12.7. The molecule has 3 nitrogen and oxygen atoms in total. The van der Waals surface area contributed by atoms with Gasteiger partial charge in [0, 0.05) is 17.4 Å². The zero-order chi connectivity index (χ0) is 18.4. The Hall–Kier alpha value is -1.68. The molecular weight excluding hydrogens is 373 g/mol. The predicted octanol–water partition coefficient (Wildman–Crippen LogP) is 6.40. The van der Waals surface area contributed by atoms with Gasteiger partial charge in [0.15, 0.2) is 0 Å². The summed E-state index contributed by atoms with van der Waals surface area (Å²) in [5.41, 5.74) is 0.747. The molecule has 1 atom stereocenters. The van der Waals surface area contributed by atoms with Crippen LogP contribution in [0.3, 0.4) is 0 Å². The molecule has 10 heteroatoms. The van der Waals surface area contributed by atoms with Crippen LogP contribution >= 0.6 is 21.6 Å². The molecule has 0 N–H and O–H groups in total. The lowest BCUT2D eigenvalue weighted by Crippen LogP contribution is -2.06. The third-order valence-electron chi connectivity index (χ3n) is 3.11. The van der Waals surface area contributed by atoms with E-state index in [9.17, 15) is 24.2 Å². The first-order valence-electron chi connectivity index (χ1n) is 6.66. The molecular formula is C14H14F5NO2S2. The van der Waals surface area contributed by atoms with E-state index in [1.54, 1.807) is 13.8 Å². The van der Waals surface area contributed by atoms with Crippen LogP contribution in [0.4, 0.5) is 19.4 Å². The van der Waals surface area contributed by atoms with Crippen LogP contribution in [0.5, 0.6) is 0 Å². The van der Waals surface area contributed by atoms with E-state index in [0.29, 0.717) is 22.8 Å². The fourth-order valence-electron chi connectivity index (χ4n) is 2.07. The van der Waals surface area contributed by atoms with Gasteiger partial charge < -0.3 is 4.74 Å². The van der Waals surface area contributed by atoms with Crippen molar-refractivity contribution >= 4 is 27.5 Å². The molecule has 1 heterocycles.